The van der Waals surface area contributed by atoms with Gasteiger partial charge in [0.05, 0.1) is 0 Å². The molecule has 4 aromatic carbocycles. The van der Waals surface area contributed by atoms with E-state index in [4.69, 9.17) is 9.47 Å². The van der Waals surface area contributed by atoms with E-state index < -0.39 is 11.9 Å². The average molecular weight is 435 g/mol. The summed E-state index contributed by atoms with van der Waals surface area (Å²) < 4.78 is 10.5. The Morgan fingerprint density at radius 3 is 1.91 bits per heavy atom. The Labute approximate surface area is 191 Å². The molecular weight excluding hydrogens is 414 g/mol. The lowest BCUT2D eigenvalue weighted by atomic mass is 10.1. The van der Waals surface area contributed by atoms with Gasteiger partial charge in [-0.05, 0) is 59.3 Å². The predicted molar refractivity (Wildman–Crippen MR) is 130 cm³/mol. The summed E-state index contributed by atoms with van der Waals surface area (Å²) in [6, 6.07) is 28.6. The van der Waals surface area contributed by atoms with Crippen LogP contribution in [0.2, 0.25) is 0 Å². The molecule has 0 bridgehead atoms. The Balaban J connectivity index is 1.79. The third-order valence-electron chi connectivity index (χ3n) is 4.93. The van der Waals surface area contributed by atoms with E-state index in [0.717, 1.165) is 40.0 Å². The van der Waals surface area contributed by atoms with Crippen LogP contribution in [0.15, 0.2) is 116 Å². The minimum absolute atomic E-state index is 0.403. The smallest absolute Gasteiger partial charge is 0.335 e. The van der Waals surface area contributed by atoms with Gasteiger partial charge in [-0.15, -0.1) is 0 Å². The maximum atomic E-state index is 11.7. The summed E-state index contributed by atoms with van der Waals surface area (Å²) in [7, 11) is 0. The standard InChI is InChI=1S/C28H21NO4/c1-3-27(30)32-25-16-14-22(15-17-25)29(23-10-7-11-26(19-23)33-28(31)4-2)24-13-12-20-8-5-6-9-21(20)18-24/h3-19H,1-2H2. The van der Waals surface area contributed by atoms with Crippen molar-refractivity contribution < 1.29 is 19.1 Å². The summed E-state index contributed by atoms with van der Waals surface area (Å²) in [4.78, 5) is 25.2. The number of esters is 2. The van der Waals surface area contributed by atoms with Gasteiger partial charge in [0, 0.05) is 35.3 Å². The Morgan fingerprint density at radius 1 is 0.606 bits per heavy atom. The molecule has 4 aromatic rings. The molecule has 0 radical (unpaired) electrons. The summed E-state index contributed by atoms with van der Waals surface area (Å²) >= 11 is 0. The van der Waals surface area contributed by atoms with E-state index >= 15 is 0 Å². The molecule has 0 aliphatic carbocycles. The summed E-state index contributed by atoms with van der Waals surface area (Å²) in [6.45, 7) is 6.86. The number of benzene rings is 4. The molecule has 0 aliphatic heterocycles. The summed E-state index contributed by atoms with van der Waals surface area (Å²) in [5.41, 5.74) is 2.53. The number of carbonyl (C=O) groups excluding carboxylic acids is 2. The molecule has 0 atom stereocenters. The van der Waals surface area contributed by atoms with Crippen molar-refractivity contribution in [1.82, 2.24) is 0 Å². The fraction of sp³-hybridized carbons (Fsp3) is 0. The van der Waals surface area contributed by atoms with Crippen molar-refractivity contribution in [3.63, 3.8) is 0 Å². The number of anilines is 3. The molecule has 0 amide bonds. The van der Waals surface area contributed by atoms with E-state index in [1.165, 1.54) is 0 Å². The molecule has 4 rings (SSSR count). The number of hydrogen-bond donors (Lipinski definition) is 0. The Hall–Kier alpha value is -4.64. The molecule has 0 aliphatic rings. The maximum Gasteiger partial charge on any atom is 0.335 e. The van der Waals surface area contributed by atoms with Crippen molar-refractivity contribution in [2.75, 3.05) is 4.90 Å². The van der Waals surface area contributed by atoms with Gasteiger partial charge in [-0.2, -0.15) is 0 Å². The molecule has 0 saturated heterocycles. The number of rotatable bonds is 7. The third-order valence-corrected chi connectivity index (χ3v) is 4.93. The highest BCUT2D eigenvalue weighted by Crippen LogP contribution is 2.38. The van der Waals surface area contributed by atoms with E-state index in [-0.39, 0.29) is 0 Å². The minimum atomic E-state index is -0.530. The lowest BCUT2D eigenvalue weighted by Gasteiger charge is -2.26. The molecular formula is C28H21NO4. The van der Waals surface area contributed by atoms with Crippen LogP contribution in [0.5, 0.6) is 11.5 Å². The van der Waals surface area contributed by atoms with Crippen molar-refractivity contribution in [3.8, 4) is 11.5 Å². The van der Waals surface area contributed by atoms with Crippen LogP contribution in [-0.4, -0.2) is 11.9 Å². The number of hydrogen-bond acceptors (Lipinski definition) is 5. The first-order valence-electron chi connectivity index (χ1n) is 10.2. The second-order valence-corrected chi connectivity index (χ2v) is 7.11. The lowest BCUT2D eigenvalue weighted by molar-refractivity contribution is -0.129. The van der Waals surface area contributed by atoms with Crippen LogP contribution in [0.3, 0.4) is 0 Å². The molecule has 0 unspecified atom stereocenters. The molecule has 0 fully saturated rings. The van der Waals surface area contributed by atoms with Crippen LogP contribution in [0, 0.1) is 0 Å². The van der Waals surface area contributed by atoms with Crippen molar-refractivity contribution >= 4 is 39.8 Å². The van der Waals surface area contributed by atoms with Gasteiger partial charge in [-0.3, -0.25) is 0 Å². The van der Waals surface area contributed by atoms with Gasteiger partial charge in [-0.25, -0.2) is 9.59 Å². The Morgan fingerprint density at radius 2 is 1.21 bits per heavy atom. The zero-order valence-electron chi connectivity index (χ0n) is 17.8. The topological polar surface area (TPSA) is 55.8 Å². The van der Waals surface area contributed by atoms with E-state index in [0.29, 0.717) is 11.5 Å². The van der Waals surface area contributed by atoms with Crippen molar-refractivity contribution in [1.29, 1.82) is 0 Å². The molecule has 0 N–H and O–H groups in total. The molecule has 33 heavy (non-hydrogen) atoms. The van der Waals surface area contributed by atoms with E-state index in [9.17, 15) is 9.59 Å². The monoisotopic (exact) mass is 435 g/mol. The first-order chi connectivity index (χ1) is 16.1. The van der Waals surface area contributed by atoms with Gasteiger partial charge in [0.25, 0.3) is 0 Å². The second-order valence-electron chi connectivity index (χ2n) is 7.11. The van der Waals surface area contributed by atoms with Crippen LogP contribution < -0.4 is 14.4 Å². The molecule has 5 nitrogen and oxygen atoms in total. The van der Waals surface area contributed by atoms with Gasteiger partial charge < -0.3 is 14.4 Å². The highest BCUT2D eigenvalue weighted by molar-refractivity contribution is 5.90. The third kappa shape index (κ3) is 4.99. The van der Waals surface area contributed by atoms with Crippen LogP contribution in [-0.2, 0) is 9.59 Å². The van der Waals surface area contributed by atoms with Crippen molar-refractivity contribution in [3.05, 3.63) is 116 Å². The van der Waals surface area contributed by atoms with Gasteiger partial charge in [0.2, 0.25) is 0 Å². The van der Waals surface area contributed by atoms with Crippen LogP contribution in [0.25, 0.3) is 10.8 Å². The maximum absolute atomic E-state index is 11.7. The molecule has 0 spiro atoms. The second kappa shape index (κ2) is 9.66. The Kier molecular flexibility index (Phi) is 6.32. The van der Waals surface area contributed by atoms with Crippen LogP contribution in [0.4, 0.5) is 17.1 Å². The summed E-state index contributed by atoms with van der Waals surface area (Å²) in [5.74, 6) is -0.237. The normalized spacial score (nSPS) is 10.3. The molecule has 162 valence electrons. The zero-order chi connectivity index (χ0) is 23.2. The van der Waals surface area contributed by atoms with Gasteiger partial charge in [0.1, 0.15) is 11.5 Å². The van der Waals surface area contributed by atoms with E-state index in [2.05, 4.69) is 37.4 Å². The quantitative estimate of drug-likeness (QED) is 0.189. The molecule has 0 aromatic heterocycles. The number of nitrogens with zero attached hydrogens (tertiary/aromatic N) is 1. The first-order valence-corrected chi connectivity index (χ1v) is 10.2. The lowest BCUT2D eigenvalue weighted by Crippen LogP contribution is -2.11. The summed E-state index contributed by atoms with van der Waals surface area (Å²) in [5, 5.41) is 2.22. The minimum Gasteiger partial charge on any atom is -0.423 e. The average Bonchev–Trinajstić information content (AvgIpc) is 2.85. The number of carbonyl (C=O) groups is 2. The molecule has 5 heteroatoms. The highest BCUT2D eigenvalue weighted by Gasteiger charge is 2.15. The van der Waals surface area contributed by atoms with Gasteiger partial charge in [-0.1, -0.05) is 49.6 Å². The predicted octanol–water partition coefficient (Wildman–Crippen LogP) is 6.49. The first kappa shape index (κ1) is 21.6. The molecule has 0 saturated carbocycles. The summed E-state index contributed by atoms with van der Waals surface area (Å²) in [6.07, 6.45) is 2.24. The molecule has 0 heterocycles. The van der Waals surface area contributed by atoms with Crippen LogP contribution in [0.1, 0.15) is 0 Å². The van der Waals surface area contributed by atoms with Crippen LogP contribution >= 0.6 is 0 Å². The fourth-order valence-corrected chi connectivity index (χ4v) is 3.43. The Bertz CT molecular complexity index is 1340. The van der Waals surface area contributed by atoms with Gasteiger partial charge in [0.15, 0.2) is 0 Å². The van der Waals surface area contributed by atoms with E-state index in [1.54, 1.807) is 24.3 Å². The number of fused-ring (bicyclic) bond motifs is 1. The largest absolute Gasteiger partial charge is 0.423 e. The van der Waals surface area contributed by atoms with Crippen molar-refractivity contribution in [2.24, 2.45) is 0 Å². The fourth-order valence-electron chi connectivity index (χ4n) is 3.43. The SMILES string of the molecule is C=CC(=O)Oc1ccc(N(c2cccc(OC(=O)C=C)c2)c2ccc3ccccc3c2)cc1. The number of ether oxygens (including phenoxy) is 2. The highest BCUT2D eigenvalue weighted by atomic mass is 16.5. The van der Waals surface area contributed by atoms with Gasteiger partial charge >= 0.3 is 11.9 Å². The zero-order valence-corrected chi connectivity index (χ0v) is 17.8. The van der Waals surface area contributed by atoms with E-state index in [1.807, 2.05) is 47.4 Å². The van der Waals surface area contributed by atoms with Crippen molar-refractivity contribution in [2.45, 2.75) is 0 Å².